The highest BCUT2D eigenvalue weighted by atomic mass is 16.4. The molecule has 2 rings (SSSR count). The molecule has 0 amide bonds. The fourth-order valence-electron chi connectivity index (χ4n) is 2.62. The van der Waals surface area contributed by atoms with Gasteiger partial charge in [-0.3, -0.25) is 4.90 Å². The zero-order valence-corrected chi connectivity index (χ0v) is 12.4. The Morgan fingerprint density at radius 3 is 2.85 bits per heavy atom. The van der Waals surface area contributed by atoms with E-state index < -0.39 is 5.97 Å². The number of nitrogens with one attached hydrogen (secondary N) is 1. The average Bonchev–Trinajstić information content (AvgIpc) is 2.40. The topological polar surface area (TPSA) is 55.8 Å². The summed E-state index contributed by atoms with van der Waals surface area (Å²) in [6.45, 7) is 5.81. The van der Waals surface area contributed by atoms with Crippen molar-refractivity contribution in [3.8, 4) is 0 Å². The molecule has 1 saturated heterocycles. The maximum absolute atomic E-state index is 11.3. The van der Waals surface area contributed by atoms with Crippen LogP contribution in [-0.2, 0) is 0 Å². The molecule has 1 aromatic carbocycles. The molecule has 0 spiro atoms. The molecule has 1 aliphatic heterocycles. The largest absolute Gasteiger partial charge is 0.478 e. The van der Waals surface area contributed by atoms with Gasteiger partial charge in [-0.25, -0.2) is 4.79 Å². The zero-order valence-electron chi connectivity index (χ0n) is 12.4. The number of piperazine rings is 1. The highest BCUT2D eigenvalue weighted by molar-refractivity contribution is 5.95. The van der Waals surface area contributed by atoms with Gasteiger partial charge in [0.2, 0.25) is 0 Å². The van der Waals surface area contributed by atoms with Crippen LogP contribution in [0.5, 0.6) is 0 Å². The van der Waals surface area contributed by atoms with Crippen molar-refractivity contribution in [1.29, 1.82) is 0 Å². The smallest absolute Gasteiger partial charge is 0.337 e. The molecule has 0 radical (unpaired) electrons. The Labute approximate surface area is 120 Å². The third-order valence-corrected chi connectivity index (χ3v) is 4.00. The Kier molecular flexibility index (Phi) is 4.62. The number of benzene rings is 1. The van der Waals surface area contributed by atoms with Gasteiger partial charge in [0.05, 0.1) is 11.3 Å². The number of likely N-dealkylation sites (N-methyl/N-ethyl adjacent to an activating group) is 2. The number of aryl methyl sites for hydroxylation is 1. The Morgan fingerprint density at radius 2 is 2.15 bits per heavy atom. The lowest BCUT2D eigenvalue weighted by Gasteiger charge is -2.38. The minimum Gasteiger partial charge on any atom is -0.478 e. The van der Waals surface area contributed by atoms with Crippen molar-refractivity contribution in [2.75, 3.05) is 45.6 Å². The molecule has 5 heteroatoms. The summed E-state index contributed by atoms with van der Waals surface area (Å²) in [5, 5.41) is 12.6. The van der Waals surface area contributed by atoms with Crippen molar-refractivity contribution in [3.63, 3.8) is 0 Å². The normalized spacial score (nSPS) is 20.9. The number of aromatic carboxylic acids is 1. The second-order valence-electron chi connectivity index (χ2n) is 5.58. The number of hydrogen-bond donors (Lipinski definition) is 2. The van der Waals surface area contributed by atoms with Crippen LogP contribution >= 0.6 is 0 Å². The Hall–Kier alpha value is -1.59. The van der Waals surface area contributed by atoms with Gasteiger partial charge in [0.1, 0.15) is 0 Å². The van der Waals surface area contributed by atoms with E-state index in [1.54, 1.807) is 12.1 Å². The molecule has 0 bridgehead atoms. The van der Waals surface area contributed by atoms with E-state index in [4.69, 9.17) is 0 Å². The molecule has 1 heterocycles. The third kappa shape index (κ3) is 3.29. The summed E-state index contributed by atoms with van der Waals surface area (Å²) >= 11 is 0. The average molecular weight is 277 g/mol. The fraction of sp³-hybridized carbons (Fsp3) is 0.533. The summed E-state index contributed by atoms with van der Waals surface area (Å²) in [7, 11) is 4.24. The van der Waals surface area contributed by atoms with Crippen molar-refractivity contribution >= 4 is 11.7 Å². The summed E-state index contributed by atoms with van der Waals surface area (Å²) in [6.07, 6.45) is 0. The van der Waals surface area contributed by atoms with Crippen LogP contribution in [-0.4, -0.2) is 67.2 Å². The van der Waals surface area contributed by atoms with Crippen LogP contribution < -0.4 is 5.32 Å². The predicted molar refractivity (Wildman–Crippen MR) is 80.5 cm³/mol. The summed E-state index contributed by atoms with van der Waals surface area (Å²) in [6, 6.07) is 5.76. The lowest BCUT2D eigenvalue weighted by molar-refractivity contribution is 0.0697. The van der Waals surface area contributed by atoms with Crippen LogP contribution in [0, 0.1) is 6.92 Å². The summed E-state index contributed by atoms with van der Waals surface area (Å²) in [4.78, 5) is 15.9. The van der Waals surface area contributed by atoms with E-state index >= 15 is 0 Å². The maximum atomic E-state index is 11.3. The molecule has 0 saturated carbocycles. The monoisotopic (exact) mass is 277 g/mol. The Morgan fingerprint density at radius 1 is 1.40 bits per heavy atom. The molecular weight excluding hydrogens is 254 g/mol. The first kappa shape index (κ1) is 14.8. The van der Waals surface area contributed by atoms with Crippen LogP contribution in [0.4, 0.5) is 5.69 Å². The molecule has 1 atom stereocenters. The van der Waals surface area contributed by atoms with Gasteiger partial charge in [-0.2, -0.15) is 0 Å². The van der Waals surface area contributed by atoms with E-state index in [1.165, 1.54) is 0 Å². The van der Waals surface area contributed by atoms with E-state index in [-0.39, 0.29) is 0 Å². The van der Waals surface area contributed by atoms with Crippen LogP contribution in [0.15, 0.2) is 18.2 Å². The van der Waals surface area contributed by atoms with Gasteiger partial charge < -0.3 is 15.3 Å². The SMILES string of the molecule is Cc1cccc(C(=O)O)c1NCC1CN(C)CCN1C. The molecule has 1 aliphatic rings. The molecular formula is C15H23N3O2. The Bertz CT molecular complexity index is 490. The predicted octanol–water partition coefficient (Wildman–Crippen LogP) is 1.35. The zero-order chi connectivity index (χ0) is 14.7. The van der Waals surface area contributed by atoms with Crippen molar-refractivity contribution in [3.05, 3.63) is 29.3 Å². The number of carboxylic acid groups (broad SMARTS) is 1. The van der Waals surface area contributed by atoms with Gasteiger partial charge in [0.15, 0.2) is 0 Å². The van der Waals surface area contributed by atoms with E-state index in [0.717, 1.165) is 37.4 Å². The molecule has 1 aromatic rings. The lowest BCUT2D eigenvalue weighted by Crippen LogP contribution is -2.52. The van der Waals surface area contributed by atoms with Gasteiger partial charge >= 0.3 is 5.97 Å². The lowest BCUT2D eigenvalue weighted by atomic mass is 10.1. The molecule has 0 aliphatic carbocycles. The molecule has 0 aromatic heterocycles. The second kappa shape index (κ2) is 6.24. The van der Waals surface area contributed by atoms with Gasteiger partial charge in [0.25, 0.3) is 0 Å². The molecule has 5 nitrogen and oxygen atoms in total. The first-order valence-electron chi connectivity index (χ1n) is 6.94. The maximum Gasteiger partial charge on any atom is 0.337 e. The highest BCUT2D eigenvalue weighted by Gasteiger charge is 2.22. The first-order chi connectivity index (χ1) is 9.49. The molecule has 2 N–H and O–H groups in total. The third-order valence-electron chi connectivity index (χ3n) is 4.00. The van der Waals surface area contributed by atoms with Crippen LogP contribution in [0.1, 0.15) is 15.9 Å². The van der Waals surface area contributed by atoms with E-state index in [2.05, 4.69) is 29.2 Å². The fourth-order valence-corrected chi connectivity index (χ4v) is 2.62. The molecule has 1 fully saturated rings. The standard InChI is InChI=1S/C15H23N3O2/c1-11-5-4-6-13(15(19)20)14(11)16-9-12-10-17(2)7-8-18(12)3/h4-6,12,16H,7-10H2,1-3H3,(H,19,20). The van der Waals surface area contributed by atoms with Crippen molar-refractivity contribution < 1.29 is 9.90 Å². The van der Waals surface area contributed by atoms with E-state index in [9.17, 15) is 9.90 Å². The highest BCUT2D eigenvalue weighted by Crippen LogP contribution is 2.21. The molecule has 20 heavy (non-hydrogen) atoms. The van der Waals surface area contributed by atoms with Gasteiger partial charge in [-0.15, -0.1) is 0 Å². The van der Waals surface area contributed by atoms with Crippen LogP contribution in [0.25, 0.3) is 0 Å². The number of para-hydroxylation sites is 1. The Balaban J connectivity index is 2.08. The van der Waals surface area contributed by atoms with E-state index in [1.807, 2.05) is 13.0 Å². The van der Waals surface area contributed by atoms with Gasteiger partial charge in [-0.1, -0.05) is 12.1 Å². The van der Waals surface area contributed by atoms with Gasteiger partial charge in [0, 0.05) is 32.2 Å². The van der Waals surface area contributed by atoms with E-state index in [0.29, 0.717) is 11.6 Å². The van der Waals surface area contributed by atoms with Crippen LogP contribution in [0.3, 0.4) is 0 Å². The number of carboxylic acids is 1. The number of rotatable bonds is 4. The number of nitrogens with zero attached hydrogens (tertiary/aromatic N) is 2. The van der Waals surface area contributed by atoms with Crippen LogP contribution in [0.2, 0.25) is 0 Å². The van der Waals surface area contributed by atoms with Crippen molar-refractivity contribution in [1.82, 2.24) is 9.80 Å². The first-order valence-corrected chi connectivity index (χ1v) is 6.94. The van der Waals surface area contributed by atoms with Crippen molar-refractivity contribution in [2.45, 2.75) is 13.0 Å². The summed E-state index contributed by atoms with van der Waals surface area (Å²) in [5.41, 5.74) is 2.05. The summed E-state index contributed by atoms with van der Waals surface area (Å²) in [5.74, 6) is -0.884. The minimum absolute atomic E-state index is 0.344. The van der Waals surface area contributed by atoms with Crippen molar-refractivity contribution in [2.24, 2.45) is 0 Å². The number of anilines is 1. The molecule has 110 valence electrons. The number of hydrogen-bond acceptors (Lipinski definition) is 4. The minimum atomic E-state index is -0.884. The quantitative estimate of drug-likeness (QED) is 0.870. The second-order valence-corrected chi connectivity index (χ2v) is 5.58. The summed E-state index contributed by atoms with van der Waals surface area (Å²) < 4.78 is 0. The number of carbonyl (C=O) groups is 1. The van der Waals surface area contributed by atoms with Gasteiger partial charge in [-0.05, 0) is 32.6 Å². The molecule has 1 unspecified atom stereocenters.